The third-order valence-electron chi connectivity index (χ3n) is 6.33. The van der Waals surface area contributed by atoms with Crippen molar-refractivity contribution in [2.45, 2.75) is 39.0 Å². The van der Waals surface area contributed by atoms with Crippen LogP contribution >= 0.6 is 0 Å². The van der Waals surface area contributed by atoms with E-state index in [0.29, 0.717) is 36.5 Å². The molecule has 0 fully saturated rings. The van der Waals surface area contributed by atoms with E-state index in [1.54, 1.807) is 19.9 Å². The van der Waals surface area contributed by atoms with Gasteiger partial charge < -0.3 is 14.8 Å². The summed E-state index contributed by atoms with van der Waals surface area (Å²) in [6.45, 7) is 4.56. The van der Waals surface area contributed by atoms with Gasteiger partial charge in [0.25, 0.3) is 5.69 Å². The molecule has 2 aromatic carbocycles. The molecule has 0 aromatic heterocycles. The maximum Gasteiger partial charge on any atom is 0.339 e. The standard InChI is InChI=1S/C28H27N3O6/c1-18-24(27(32)36-3)26(21-12-9-13-22(16-21)31(34)35)25(19(2)29-18)28(33)37-23-14-7-8-15-30(23)17-20-10-5-4-6-11-20/h4-6,9-13,16,23,26,29H,8,15,17H2,1-3H3. The van der Waals surface area contributed by atoms with E-state index < -0.39 is 29.0 Å². The quantitative estimate of drug-likeness (QED) is 0.264. The summed E-state index contributed by atoms with van der Waals surface area (Å²) in [6, 6.07) is 15.7. The third kappa shape index (κ3) is 5.55. The Morgan fingerprint density at radius 3 is 2.46 bits per heavy atom. The molecular weight excluding hydrogens is 474 g/mol. The van der Waals surface area contributed by atoms with Crippen molar-refractivity contribution in [3.8, 4) is 11.8 Å². The van der Waals surface area contributed by atoms with Crippen LogP contribution in [0.2, 0.25) is 0 Å². The summed E-state index contributed by atoms with van der Waals surface area (Å²) in [5, 5.41) is 14.5. The van der Waals surface area contributed by atoms with Gasteiger partial charge in [0.15, 0.2) is 0 Å². The summed E-state index contributed by atoms with van der Waals surface area (Å²) in [7, 11) is 1.25. The molecule has 37 heavy (non-hydrogen) atoms. The molecule has 2 atom stereocenters. The number of hydrogen-bond donors (Lipinski definition) is 1. The number of ether oxygens (including phenoxy) is 2. The summed E-state index contributed by atoms with van der Waals surface area (Å²) >= 11 is 0. The molecule has 2 unspecified atom stereocenters. The van der Waals surface area contributed by atoms with E-state index in [1.165, 1.54) is 25.3 Å². The van der Waals surface area contributed by atoms with Crippen LogP contribution in [0.1, 0.15) is 37.3 Å². The van der Waals surface area contributed by atoms with Crippen LogP contribution in [0.15, 0.2) is 77.1 Å². The number of carbonyl (C=O) groups is 2. The van der Waals surface area contributed by atoms with Gasteiger partial charge in [0, 0.05) is 43.0 Å². The van der Waals surface area contributed by atoms with E-state index in [0.717, 1.165) is 5.56 Å². The lowest BCUT2D eigenvalue weighted by Gasteiger charge is -2.33. The van der Waals surface area contributed by atoms with E-state index >= 15 is 0 Å². The van der Waals surface area contributed by atoms with Gasteiger partial charge in [0.1, 0.15) is 0 Å². The molecular formula is C28H27N3O6. The molecule has 9 nitrogen and oxygen atoms in total. The van der Waals surface area contributed by atoms with E-state index in [9.17, 15) is 19.7 Å². The normalized spacial score (nSPS) is 19.4. The molecule has 1 N–H and O–H groups in total. The van der Waals surface area contributed by atoms with Crippen molar-refractivity contribution in [1.82, 2.24) is 10.2 Å². The molecule has 190 valence electrons. The molecule has 9 heteroatoms. The Morgan fingerprint density at radius 2 is 1.78 bits per heavy atom. The first kappa shape index (κ1) is 25.7. The molecule has 0 aliphatic carbocycles. The number of esters is 2. The monoisotopic (exact) mass is 501 g/mol. The van der Waals surface area contributed by atoms with Gasteiger partial charge in [0.05, 0.1) is 29.1 Å². The second-order valence-corrected chi connectivity index (χ2v) is 8.76. The van der Waals surface area contributed by atoms with Crippen LogP contribution in [-0.2, 0) is 25.6 Å². The number of methoxy groups -OCH3 is 1. The molecule has 0 saturated carbocycles. The molecule has 4 rings (SSSR count). The van der Waals surface area contributed by atoms with Gasteiger partial charge in [-0.3, -0.25) is 15.0 Å². The first-order valence-electron chi connectivity index (χ1n) is 11.8. The number of benzene rings is 2. The molecule has 2 aliphatic heterocycles. The van der Waals surface area contributed by atoms with Gasteiger partial charge in [0.2, 0.25) is 6.23 Å². The second-order valence-electron chi connectivity index (χ2n) is 8.76. The Balaban J connectivity index is 1.70. The molecule has 2 heterocycles. The Hall–Kier alpha value is -4.42. The maximum atomic E-state index is 13.7. The fourth-order valence-corrected chi connectivity index (χ4v) is 4.61. The number of carbonyl (C=O) groups excluding carboxylic acids is 2. The number of nitrogens with zero attached hydrogens (tertiary/aromatic N) is 2. The second kappa shape index (κ2) is 11.1. The van der Waals surface area contributed by atoms with Crippen LogP contribution < -0.4 is 5.32 Å². The van der Waals surface area contributed by atoms with E-state index in [4.69, 9.17) is 9.47 Å². The number of hydrogen-bond acceptors (Lipinski definition) is 8. The lowest BCUT2D eigenvalue weighted by Crippen LogP contribution is -2.41. The van der Waals surface area contributed by atoms with Gasteiger partial charge in [-0.1, -0.05) is 48.4 Å². The van der Waals surface area contributed by atoms with Crippen molar-refractivity contribution in [1.29, 1.82) is 0 Å². The number of rotatable bonds is 7. The van der Waals surface area contributed by atoms with Gasteiger partial charge in [-0.05, 0) is 30.9 Å². The van der Waals surface area contributed by atoms with Crippen LogP contribution in [0.5, 0.6) is 0 Å². The van der Waals surface area contributed by atoms with Crippen LogP contribution in [-0.4, -0.2) is 41.6 Å². The molecule has 0 amide bonds. The Morgan fingerprint density at radius 1 is 1.08 bits per heavy atom. The minimum absolute atomic E-state index is 0.157. The average Bonchev–Trinajstić information content (AvgIpc) is 2.89. The van der Waals surface area contributed by atoms with Crippen molar-refractivity contribution >= 4 is 17.6 Å². The van der Waals surface area contributed by atoms with Gasteiger partial charge in [-0.2, -0.15) is 0 Å². The van der Waals surface area contributed by atoms with E-state index in [-0.39, 0.29) is 16.8 Å². The maximum absolute atomic E-state index is 13.7. The average molecular weight is 502 g/mol. The highest BCUT2D eigenvalue weighted by Crippen LogP contribution is 2.40. The molecule has 0 spiro atoms. The summed E-state index contributed by atoms with van der Waals surface area (Å²) in [5.41, 5.74) is 2.61. The van der Waals surface area contributed by atoms with Crippen molar-refractivity contribution in [3.05, 3.63) is 98.4 Å². The highest BCUT2D eigenvalue weighted by atomic mass is 16.6. The van der Waals surface area contributed by atoms with Crippen LogP contribution in [0.4, 0.5) is 5.69 Å². The highest BCUT2D eigenvalue weighted by molar-refractivity contribution is 6.00. The van der Waals surface area contributed by atoms with E-state index in [2.05, 4.69) is 17.2 Å². The minimum Gasteiger partial charge on any atom is -0.466 e. The topological polar surface area (TPSA) is 111 Å². The minimum atomic E-state index is -0.930. The number of allylic oxidation sites excluding steroid dienone is 2. The SMILES string of the molecule is COC(=O)C1=C(C)NC(C)=C(C(=O)OC2C#CCCN2Cc2ccccc2)C1c1cccc([N+](=O)[O-])c1. The summed E-state index contributed by atoms with van der Waals surface area (Å²) in [5.74, 6) is 3.77. The lowest BCUT2D eigenvalue weighted by molar-refractivity contribution is -0.384. The molecule has 2 aromatic rings. The molecule has 0 radical (unpaired) electrons. The Bertz CT molecular complexity index is 1350. The number of nitrogens with one attached hydrogen (secondary N) is 1. The zero-order valence-corrected chi connectivity index (χ0v) is 20.8. The zero-order valence-electron chi connectivity index (χ0n) is 20.8. The van der Waals surface area contributed by atoms with Crippen LogP contribution in [0.3, 0.4) is 0 Å². The predicted octanol–water partition coefficient (Wildman–Crippen LogP) is 3.78. The van der Waals surface area contributed by atoms with Gasteiger partial charge in [-0.25, -0.2) is 9.59 Å². The van der Waals surface area contributed by atoms with Crippen molar-refractivity contribution in [2.75, 3.05) is 13.7 Å². The fraction of sp³-hybridized carbons (Fsp3) is 0.286. The smallest absolute Gasteiger partial charge is 0.339 e. The first-order valence-corrected chi connectivity index (χ1v) is 11.8. The zero-order chi connectivity index (χ0) is 26.5. The molecule has 0 saturated heterocycles. The molecule has 2 aliphatic rings. The van der Waals surface area contributed by atoms with Gasteiger partial charge >= 0.3 is 11.9 Å². The third-order valence-corrected chi connectivity index (χ3v) is 6.33. The fourth-order valence-electron chi connectivity index (χ4n) is 4.61. The number of nitro groups is 1. The van der Waals surface area contributed by atoms with Crippen molar-refractivity contribution < 1.29 is 24.0 Å². The lowest BCUT2D eigenvalue weighted by atomic mass is 9.80. The number of nitro benzene ring substituents is 1. The Kier molecular flexibility index (Phi) is 7.70. The first-order chi connectivity index (χ1) is 17.8. The van der Waals surface area contributed by atoms with Gasteiger partial charge in [-0.15, -0.1) is 0 Å². The summed E-state index contributed by atoms with van der Waals surface area (Å²) < 4.78 is 10.9. The van der Waals surface area contributed by atoms with Crippen LogP contribution in [0, 0.1) is 22.0 Å². The Labute approximate surface area is 214 Å². The largest absolute Gasteiger partial charge is 0.466 e. The van der Waals surface area contributed by atoms with Crippen molar-refractivity contribution in [3.63, 3.8) is 0 Å². The summed E-state index contributed by atoms with van der Waals surface area (Å²) in [6.07, 6.45) is -0.143. The predicted molar refractivity (Wildman–Crippen MR) is 136 cm³/mol. The van der Waals surface area contributed by atoms with E-state index in [1.807, 2.05) is 35.2 Å². The highest BCUT2D eigenvalue weighted by Gasteiger charge is 2.39. The van der Waals surface area contributed by atoms with Crippen LogP contribution in [0.25, 0.3) is 0 Å². The number of dihydropyridines is 1. The van der Waals surface area contributed by atoms with Crippen molar-refractivity contribution in [2.24, 2.45) is 0 Å². The molecule has 0 bridgehead atoms. The number of non-ortho nitro benzene ring substituents is 1. The summed E-state index contributed by atoms with van der Waals surface area (Å²) in [4.78, 5) is 39.5.